The Labute approximate surface area is 114 Å². The molecule has 0 aliphatic heterocycles. The van der Waals surface area contributed by atoms with Crippen LogP contribution in [0.4, 0.5) is 0 Å². The van der Waals surface area contributed by atoms with Gasteiger partial charge >= 0.3 is 0 Å². The number of carbonyl (C=O) groups excluding carboxylic acids is 1. The van der Waals surface area contributed by atoms with Crippen molar-refractivity contribution >= 4 is 16.6 Å². The number of rotatable bonds is 6. The monoisotopic (exact) mass is 256 g/mol. The minimum Gasteiger partial charge on any atom is -0.497 e. The van der Waals surface area contributed by atoms with Gasteiger partial charge in [0.05, 0.1) is 7.11 Å². The molecule has 0 amide bonds. The summed E-state index contributed by atoms with van der Waals surface area (Å²) in [6.07, 6.45) is 3.79. The van der Waals surface area contributed by atoms with Crippen LogP contribution in [0.5, 0.6) is 5.75 Å². The molecule has 0 unspecified atom stereocenters. The fraction of sp³-hybridized carbons (Fsp3) is 0.353. The Morgan fingerprint density at radius 3 is 2.53 bits per heavy atom. The smallest absolute Gasteiger partial charge is 0.129 e. The second kappa shape index (κ2) is 6.37. The van der Waals surface area contributed by atoms with Gasteiger partial charge in [0.1, 0.15) is 11.5 Å². The van der Waals surface area contributed by atoms with Crippen LogP contribution < -0.4 is 4.74 Å². The van der Waals surface area contributed by atoms with Crippen LogP contribution in [0.25, 0.3) is 10.8 Å². The standard InChI is InChI=1S/C17H20O2/c1-13(18)5-3-4-6-14-7-8-16-12-17(19-2)10-9-15(16)11-14/h7-12H,3-6H2,1-2H3. The zero-order valence-corrected chi connectivity index (χ0v) is 11.6. The lowest BCUT2D eigenvalue weighted by atomic mass is 10.0. The van der Waals surface area contributed by atoms with E-state index in [1.807, 2.05) is 6.07 Å². The number of hydrogen-bond donors (Lipinski definition) is 0. The minimum absolute atomic E-state index is 0.283. The van der Waals surface area contributed by atoms with Gasteiger partial charge < -0.3 is 9.53 Å². The summed E-state index contributed by atoms with van der Waals surface area (Å²) < 4.78 is 5.22. The lowest BCUT2D eigenvalue weighted by molar-refractivity contribution is -0.117. The van der Waals surface area contributed by atoms with Crippen LogP contribution in [0.1, 0.15) is 31.7 Å². The Morgan fingerprint density at radius 2 is 1.79 bits per heavy atom. The Balaban J connectivity index is 2.03. The zero-order valence-electron chi connectivity index (χ0n) is 11.6. The molecule has 0 saturated carbocycles. The Kier molecular flexibility index (Phi) is 4.56. The van der Waals surface area contributed by atoms with Gasteiger partial charge in [-0.05, 0) is 54.7 Å². The first-order chi connectivity index (χ1) is 9.19. The van der Waals surface area contributed by atoms with Crippen molar-refractivity contribution in [2.24, 2.45) is 0 Å². The van der Waals surface area contributed by atoms with Crippen LogP contribution in [0, 0.1) is 0 Å². The van der Waals surface area contributed by atoms with E-state index in [2.05, 4.69) is 30.3 Å². The zero-order chi connectivity index (χ0) is 13.7. The molecule has 100 valence electrons. The van der Waals surface area contributed by atoms with Gasteiger partial charge in [-0.1, -0.05) is 24.3 Å². The molecule has 0 atom stereocenters. The van der Waals surface area contributed by atoms with Crippen LogP contribution in [0.15, 0.2) is 36.4 Å². The van der Waals surface area contributed by atoms with Gasteiger partial charge in [-0.25, -0.2) is 0 Å². The topological polar surface area (TPSA) is 26.3 Å². The first kappa shape index (κ1) is 13.6. The summed E-state index contributed by atoms with van der Waals surface area (Å²) in [6.45, 7) is 1.66. The summed E-state index contributed by atoms with van der Waals surface area (Å²) in [5, 5.41) is 2.44. The first-order valence-corrected chi connectivity index (χ1v) is 6.75. The SMILES string of the molecule is COc1ccc2cc(CCCCC(C)=O)ccc2c1. The van der Waals surface area contributed by atoms with Crippen LogP contribution in [0.3, 0.4) is 0 Å². The molecule has 19 heavy (non-hydrogen) atoms. The molecule has 2 rings (SSSR count). The number of Topliss-reactive ketones (excluding diaryl/α,β-unsaturated/α-hetero) is 1. The van der Waals surface area contributed by atoms with E-state index >= 15 is 0 Å². The second-order valence-corrected chi connectivity index (χ2v) is 4.96. The average molecular weight is 256 g/mol. The molecule has 0 heterocycles. The molecule has 0 bridgehead atoms. The van der Waals surface area contributed by atoms with E-state index < -0.39 is 0 Å². The van der Waals surface area contributed by atoms with Crippen molar-refractivity contribution in [2.45, 2.75) is 32.6 Å². The lowest BCUT2D eigenvalue weighted by Crippen LogP contribution is -1.91. The van der Waals surface area contributed by atoms with Gasteiger partial charge in [-0.3, -0.25) is 0 Å². The number of aryl methyl sites for hydroxylation is 1. The van der Waals surface area contributed by atoms with Crippen molar-refractivity contribution in [2.75, 3.05) is 7.11 Å². The van der Waals surface area contributed by atoms with Crippen LogP contribution in [0.2, 0.25) is 0 Å². The fourth-order valence-corrected chi connectivity index (χ4v) is 2.26. The summed E-state index contributed by atoms with van der Waals surface area (Å²) in [7, 11) is 1.69. The number of unbranched alkanes of at least 4 members (excludes halogenated alkanes) is 1. The number of methoxy groups -OCH3 is 1. The summed E-state index contributed by atoms with van der Waals surface area (Å²) in [6, 6.07) is 12.7. The molecular formula is C17H20O2. The summed E-state index contributed by atoms with van der Waals surface area (Å²) >= 11 is 0. The third-order valence-electron chi connectivity index (χ3n) is 3.36. The molecule has 0 spiro atoms. The normalized spacial score (nSPS) is 10.6. The van der Waals surface area contributed by atoms with E-state index in [1.165, 1.54) is 16.3 Å². The summed E-state index contributed by atoms with van der Waals surface area (Å²) in [4.78, 5) is 10.9. The van der Waals surface area contributed by atoms with Gasteiger partial charge in [0.25, 0.3) is 0 Å². The minimum atomic E-state index is 0.283. The van der Waals surface area contributed by atoms with Crippen molar-refractivity contribution < 1.29 is 9.53 Å². The molecule has 0 aromatic heterocycles. The first-order valence-electron chi connectivity index (χ1n) is 6.75. The predicted molar refractivity (Wildman–Crippen MR) is 78.7 cm³/mol. The van der Waals surface area contributed by atoms with Gasteiger partial charge in [-0.2, -0.15) is 0 Å². The number of hydrogen-bond acceptors (Lipinski definition) is 2. The van der Waals surface area contributed by atoms with Gasteiger partial charge in [0, 0.05) is 6.42 Å². The molecule has 0 saturated heterocycles. The summed E-state index contributed by atoms with van der Waals surface area (Å²) in [5.41, 5.74) is 1.33. The quantitative estimate of drug-likeness (QED) is 0.726. The number of carbonyl (C=O) groups is 1. The third-order valence-corrected chi connectivity index (χ3v) is 3.36. The van der Waals surface area contributed by atoms with E-state index in [9.17, 15) is 4.79 Å². The molecule has 2 heteroatoms. The van der Waals surface area contributed by atoms with E-state index in [4.69, 9.17) is 4.74 Å². The molecule has 0 N–H and O–H groups in total. The summed E-state index contributed by atoms with van der Waals surface area (Å²) in [5.74, 6) is 1.17. The highest BCUT2D eigenvalue weighted by Crippen LogP contribution is 2.22. The van der Waals surface area contributed by atoms with Crippen LogP contribution in [-0.2, 0) is 11.2 Å². The van der Waals surface area contributed by atoms with Gasteiger partial charge in [0.2, 0.25) is 0 Å². The maximum absolute atomic E-state index is 10.9. The maximum Gasteiger partial charge on any atom is 0.129 e. The highest BCUT2D eigenvalue weighted by atomic mass is 16.5. The fourth-order valence-electron chi connectivity index (χ4n) is 2.26. The molecular weight excluding hydrogens is 236 g/mol. The van der Waals surface area contributed by atoms with Crippen molar-refractivity contribution in [1.29, 1.82) is 0 Å². The molecule has 0 aliphatic rings. The maximum atomic E-state index is 10.9. The molecule has 0 aliphatic carbocycles. The van der Waals surface area contributed by atoms with Gasteiger partial charge in [-0.15, -0.1) is 0 Å². The average Bonchev–Trinajstić information content (AvgIpc) is 2.42. The second-order valence-electron chi connectivity index (χ2n) is 4.96. The van der Waals surface area contributed by atoms with Crippen molar-refractivity contribution in [1.82, 2.24) is 0 Å². The highest BCUT2D eigenvalue weighted by molar-refractivity contribution is 5.84. The van der Waals surface area contributed by atoms with Crippen molar-refractivity contribution in [3.05, 3.63) is 42.0 Å². The molecule has 0 radical (unpaired) electrons. The number of benzene rings is 2. The van der Waals surface area contributed by atoms with Crippen LogP contribution >= 0.6 is 0 Å². The Hall–Kier alpha value is -1.83. The Bertz CT molecular complexity index is 572. The highest BCUT2D eigenvalue weighted by Gasteiger charge is 2.00. The van der Waals surface area contributed by atoms with E-state index in [0.717, 1.165) is 25.0 Å². The lowest BCUT2D eigenvalue weighted by Gasteiger charge is -2.05. The van der Waals surface area contributed by atoms with Crippen LogP contribution in [-0.4, -0.2) is 12.9 Å². The van der Waals surface area contributed by atoms with E-state index in [1.54, 1.807) is 14.0 Å². The predicted octanol–water partition coefficient (Wildman–Crippen LogP) is 4.15. The third kappa shape index (κ3) is 3.82. The number of ether oxygens (including phenoxy) is 1. The van der Waals surface area contributed by atoms with Crippen molar-refractivity contribution in [3.63, 3.8) is 0 Å². The molecule has 2 nitrogen and oxygen atoms in total. The van der Waals surface area contributed by atoms with Crippen molar-refractivity contribution in [3.8, 4) is 5.75 Å². The van der Waals surface area contributed by atoms with E-state index in [0.29, 0.717) is 6.42 Å². The number of fused-ring (bicyclic) bond motifs is 1. The largest absolute Gasteiger partial charge is 0.497 e. The van der Waals surface area contributed by atoms with E-state index in [-0.39, 0.29) is 5.78 Å². The van der Waals surface area contributed by atoms with Gasteiger partial charge in [0.15, 0.2) is 0 Å². The molecule has 0 fully saturated rings. The molecule has 2 aromatic rings. The number of ketones is 1. The Morgan fingerprint density at radius 1 is 1.05 bits per heavy atom. The molecule has 2 aromatic carbocycles.